The first-order chi connectivity index (χ1) is 10.3. The van der Waals surface area contributed by atoms with Crippen LogP contribution in [0.4, 0.5) is 10.1 Å². The van der Waals surface area contributed by atoms with Crippen LogP contribution in [-0.4, -0.2) is 19.0 Å². The van der Waals surface area contributed by atoms with E-state index in [0.717, 1.165) is 18.7 Å². The van der Waals surface area contributed by atoms with Crippen molar-refractivity contribution in [2.75, 3.05) is 18.0 Å². The second-order valence-electron chi connectivity index (χ2n) is 5.12. The van der Waals surface area contributed by atoms with E-state index in [-0.39, 0.29) is 18.3 Å². The fourth-order valence-corrected chi connectivity index (χ4v) is 2.64. The van der Waals surface area contributed by atoms with Crippen molar-refractivity contribution in [2.24, 2.45) is 0 Å². The highest BCUT2D eigenvalue weighted by Gasteiger charge is 2.23. The van der Waals surface area contributed by atoms with Crippen LogP contribution in [0.25, 0.3) is 0 Å². The molecule has 3 rings (SSSR count). The molecule has 21 heavy (non-hydrogen) atoms. The maximum atomic E-state index is 13.5. The molecule has 4 heteroatoms. The SMILES string of the molecule is O=C(CNCc1ccccc1F)N1CCc2ccccc21. The molecular weight excluding hydrogens is 267 g/mol. The molecule has 0 saturated carbocycles. The number of hydrogen-bond donors (Lipinski definition) is 1. The maximum absolute atomic E-state index is 13.5. The summed E-state index contributed by atoms with van der Waals surface area (Å²) < 4.78 is 13.5. The molecule has 3 nitrogen and oxygen atoms in total. The van der Waals surface area contributed by atoms with Crippen molar-refractivity contribution in [3.05, 3.63) is 65.5 Å². The fourth-order valence-electron chi connectivity index (χ4n) is 2.64. The summed E-state index contributed by atoms with van der Waals surface area (Å²) in [4.78, 5) is 14.0. The molecular formula is C17H17FN2O. The smallest absolute Gasteiger partial charge is 0.240 e. The first-order valence-electron chi connectivity index (χ1n) is 7.08. The number of hydrogen-bond acceptors (Lipinski definition) is 2. The molecule has 0 radical (unpaired) electrons. The monoisotopic (exact) mass is 284 g/mol. The van der Waals surface area contributed by atoms with E-state index in [1.165, 1.54) is 11.6 Å². The van der Waals surface area contributed by atoms with Gasteiger partial charge < -0.3 is 10.2 Å². The average Bonchev–Trinajstić information content (AvgIpc) is 2.93. The zero-order chi connectivity index (χ0) is 14.7. The number of anilines is 1. The summed E-state index contributed by atoms with van der Waals surface area (Å²) in [5, 5.41) is 3.02. The van der Waals surface area contributed by atoms with Gasteiger partial charge in [-0.15, -0.1) is 0 Å². The van der Waals surface area contributed by atoms with Gasteiger partial charge in [0.05, 0.1) is 6.54 Å². The molecule has 0 aliphatic carbocycles. The molecule has 108 valence electrons. The molecule has 0 fully saturated rings. The van der Waals surface area contributed by atoms with Crippen molar-refractivity contribution in [3.63, 3.8) is 0 Å². The highest BCUT2D eigenvalue weighted by Crippen LogP contribution is 2.27. The standard InChI is InChI=1S/C17H17FN2O/c18-15-7-3-1-6-14(15)11-19-12-17(21)20-10-9-13-5-2-4-8-16(13)20/h1-8,19H,9-12H2. The van der Waals surface area contributed by atoms with Crippen LogP contribution in [0.2, 0.25) is 0 Å². The zero-order valence-electron chi connectivity index (χ0n) is 11.7. The Labute approximate surface area is 123 Å². The van der Waals surface area contributed by atoms with Crippen LogP contribution in [0.3, 0.4) is 0 Å². The molecule has 0 aromatic heterocycles. The van der Waals surface area contributed by atoms with Gasteiger partial charge in [0, 0.05) is 24.3 Å². The largest absolute Gasteiger partial charge is 0.311 e. The lowest BCUT2D eigenvalue weighted by Gasteiger charge is -2.17. The van der Waals surface area contributed by atoms with E-state index in [1.54, 1.807) is 23.1 Å². The van der Waals surface area contributed by atoms with Gasteiger partial charge in [-0.2, -0.15) is 0 Å². The van der Waals surface area contributed by atoms with Crippen LogP contribution in [-0.2, 0) is 17.8 Å². The zero-order valence-corrected chi connectivity index (χ0v) is 11.7. The van der Waals surface area contributed by atoms with Crippen molar-refractivity contribution >= 4 is 11.6 Å². The molecule has 0 saturated heterocycles. The quantitative estimate of drug-likeness (QED) is 0.935. The summed E-state index contributed by atoms with van der Waals surface area (Å²) in [6, 6.07) is 14.5. The van der Waals surface area contributed by atoms with Gasteiger partial charge >= 0.3 is 0 Å². The number of amides is 1. The van der Waals surface area contributed by atoms with E-state index in [2.05, 4.69) is 11.4 Å². The van der Waals surface area contributed by atoms with Crippen LogP contribution >= 0.6 is 0 Å². The molecule has 1 heterocycles. The van der Waals surface area contributed by atoms with E-state index in [9.17, 15) is 9.18 Å². The van der Waals surface area contributed by atoms with Crippen LogP contribution in [0.5, 0.6) is 0 Å². The lowest BCUT2D eigenvalue weighted by Crippen LogP contribution is -2.37. The van der Waals surface area contributed by atoms with Gasteiger partial charge in [0.1, 0.15) is 5.82 Å². The van der Waals surface area contributed by atoms with Gasteiger partial charge in [0.15, 0.2) is 0 Å². The highest BCUT2D eigenvalue weighted by atomic mass is 19.1. The van der Waals surface area contributed by atoms with Crippen LogP contribution in [0.1, 0.15) is 11.1 Å². The number of nitrogens with zero attached hydrogens (tertiary/aromatic N) is 1. The molecule has 2 aromatic rings. The number of benzene rings is 2. The molecule has 1 aliphatic rings. The van der Waals surface area contributed by atoms with E-state index < -0.39 is 0 Å². The number of halogens is 1. The summed E-state index contributed by atoms with van der Waals surface area (Å²) in [6.45, 7) is 1.29. The summed E-state index contributed by atoms with van der Waals surface area (Å²) >= 11 is 0. The van der Waals surface area contributed by atoms with E-state index >= 15 is 0 Å². The Bertz CT molecular complexity index is 657. The molecule has 2 aromatic carbocycles. The third kappa shape index (κ3) is 2.95. The number of nitrogens with one attached hydrogen (secondary N) is 1. The first kappa shape index (κ1) is 13.8. The number of fused-ring (bicyclic) bond motifs is 1. The minimum atomic E-state index is -0.246. The Morgan fingerprint density at radius 3 is 2.76 bits per heavy atom. The van der Waals surface area contributed by atoms with Crippen molar-refractivity contribution < 1.29 is 9.18 Å². The lowest BCUT2D eigenvalue weighted by atomic mass is 10.2. The van der Waals surface area contributed by atoms with Crippen molar-refractivity contribution in [3.8, 4) is 0 Å². The lowest BCUT2D eigenvalue weighted by molar-refractivity contribution is -0.117. The first-order valence-corrected chi connectivity index (χ1v) is 7.08. The molecule has 1 aliphatic heterocycles. The molecule has 0 unspecified atom stereocenters. The van der Waals surface area contributed by atoms with Crippen molar-refractivity contribution in [1.82, 2.24) is 5.32 Å². The van der Waals surface area contributed by atoms with Gasteiger partial charge in [-0.25, -0.2) is 4.39 Å². The number of carbonyl (C=O) groups excluding carboxylic acids is 1. The van der Waals surface area contributed by atoms with Gasteiger partial charge in [0.2, 0.25) is 5.91 Å². The molecule has 0 bridgehead atoms. The third-order valence-electron chi connectivity index (χ3n) is 3.74. The molecule has 1 N–H and O–H groups in total. The number of rotatable bonds is 4. The normalized spacial score (nSPS) is 13.3. The van der Waals surface area contributed by atoms with Crippen LogP contribution in [0.15, 0.2) is 48.5 Å². The van der Waals surface area contributed by atoms with Crippen LogP contribution in [0, 0.1) is 5.82 Å². The number of para-hydroxylation sites is 1. The van der Waals surface area contributed by atoms with Crippen LogP contribution < -0.4 is 10.2 Å². The van der Waals surface area contributed by atoms with E-state index in [1.807, 2.05) is 18.2 Å². The Morgan fingerprint density at radius 1 is 1.14 bits per heavy atom. The predicted octanol–water partition coefficient (Wildman–Crippen LogP) is 2.50. The van der Waals surface area contributed by atoms with Gasteiger partial charge in [-0.05, 0) is 24.1 Å². The minimum absolute atomic E-state index is 0.0243. The summed E-state index contributed by atoms with van der Waals surface area (Å²) in [5.41, 5.74) is 2.78. The Morgan fingerprint density at radius 2 is 1.90 bits per heavy atom. The highest BCUT2D eigenvalue weighted by molar-refractivity contribution is 5.96. The van der Waals surface area contributed by atoms with Crippen molar-refractivity contribution in [2.45, 2.75) is 13.0 Å². The summed E-state index contributed by atoms with van der Waals surface area (Å²) in [6.07, 6.45) is 0.898. The molecule has 1 amide bonds. The topological polar surface area (TPSA) is 32.3 Å². The Kier molecular flexibility index (Phi) is 3.97. The van der Waals surface area contributed by atoms with Gasteiger partial charge in [-0.3, -0.25) is 4.79 Å². The predicted molar refractivity (Wildman–Crippen MR) is 80.6 cm³/mol. The number of carbonyl (C=O) groups is 1. The van der Waals surface area contributed by atoms with E-state index in [0.29, 0.717) is 12.1 Å². The van der Waals surface area contributed by atoms with Gasteiger partial charge in [-0.1, -0.05) is 36.4 Å². The third-order valence-corrected chi connectivity index (χ3v) is 3.74. The summed E-state index contributed by atoms with van der Waals surface area (Å²) in [5.74, 6) is -0.222. The molecule has 0 spiro atoms. The minimum Gasteiger partial charge on any atom is -0.311 e. The van der Waals surface area contributed by atoms with E-state index in [4.69, 9.17) is 0 Å². The second-order valence-corrected chi connectivity index (χ2v) is 5.12. The molecule has 0 atom stereocenters. The Hall–Kier alpha value is -2.20. The maximum Gasteiger partial charge on any atom is 0.240 e. The average molecular weight is 284 g/mol. The fraction of sp³-hybridized carbons (Fsp3) is 0.235. The summed E-state index contributed by atoms with van der Waals surface area (Å²) in [7, 11) is 0. The van der Waals surface area contributed by atoms with Crippen molar-refractivity contribution in [1.29, 1.82) is 0 Å². The second kappa shape index (κ2) is 6.06. The van der Waals surface area contributed by atoms with Gasteiger partial charge in [0.25, 0.3) is 0 Å². The Balaban J connectivity index is 1.57.